The molecule has 1 saturated heterocycles. The van der Waals surface area contributed by atoms with Crippen LogP contribution in [0.15, 0.2) is 63.9 Å². The number of hydrogen-bond acceptors (Lipinski definition) is 6. The van der Waals surface area contributed by atoms with Gasteiger partial charge in [-0.3, -0.25) is 24.6 Å². The number of halogens is 2. The quantitative estimate of drug-likeness (QED) is 0.241. The summed E-state index contributed by atoms with van der Waals surface area (Å²) in [5.41, 5.74) is 0.713. The summed E-state index contributed by atoms with van der Waals surface area (Å²) in [7, 11) is 0. The van der Waals surface area contributed by atoms with Crippen molar-refractivity contribution in [2.75, 3.05) is 0 Å². The van der Waals surface area contributed by atoms with Gasteiger partial charge in [-0.1, -0.05) is 41.4 Å². The smallest absolute Gasteiger partial charge is 0.293 e. The van der Waals surface area contributed by atoms with Crippen LogP contribution in [0.25, 0.3) is 17.4 Å². The van der Waals surface area contributed by atoms with E-state index in [4.69, 9.17) is 27.6 Å². The van der Waals surface area contributed by atoms with Gasteiger partial charge in [0.15, 0.2) is 0 Å². The van der Waals surface area contributed by atoms with Crippen molar-refractivity contribution in [2.24, 2.45) is 0 Å². The lowest BCUT2D eigenvalue weighted by molar-refractivity contribution is -0.385. The lowest BCUT2D eigenvalue weighted by Crippen LogP contribution is -2.27. The Labute approximate surface area is 190 Å². The van der Waals surface area contributed by atoms with E-state index in [2.05, 4.69) is 0 Å². The summed E-state index contributed by atoms with van der Waals surface area (Å²) < 4.78 is 5.75. The Morgan fingerprint density at radius 2 is 1.87 bits per heavy atom. The van der Waals surface area contributed by atoms with Gasteiger partial charge in [0, 0.05) is 28.3 Å². The Kier molecular flexibility index (Phi) is 5.86. The topological polar surface area (TPSA) is 93.7 Å². The summed E-state index contributed by atoms with van der Waals surface area (Å²) >= 11 is 12.9. The highest BCUT2D eigenvalue weighted by Gasteiger charge is 2.36. The number of nitro groups is 1. The molecule has 1 fully saturated rings. The number of amides is 2. The van der Waals surface area contributed by atoms with Crippen molar-refractivity contribution in [3.63, 3.8) is 0 Å². The van der Waals surface area contributed by atoms with Gasteiger partial charge in [-0.05, 0) is 42.1 Å². The lowest BCUT2D eigenvalue weighted by atomic mass is 10.1. The number of furan rings is 1. The van der Waals surface area contributed by atoms with Crippen LogP contribution >= 0.6 is 35.0 Å². The van der Waals surface area contributed by atoms with Gasteiger partial charge in [-0.2, -0.15) is 0 Å². The van der Waals surface area contributed by atoms with Crippen molar-refractivity contribution in [3.8, 4) is 11.3 Å². The number of nitro benzene ring substituents is 1. The van der Waals surface area contributed by atoms with Gasteiger partial charge >= 0.3 is 0 Å². The molecule has 1 aromatic heterocycles. The number of para-hydroxylation sites is 1. The molecule has 0 spiro atoms. The Bertz CT molecular complexity index is 1250. The summed E-state index contributed by atoms with van der Waals surface area (Å²) in [4.78, 5) is 36.9. The Balaban J connectivity index is 1.58. The largest absolute Gasteiger partial charge is 0.457 e. The molecule has 0 aliphatic carbocycles. The highest BCUT2D eigenvalue weighted by atomic mass is 35.5. The molecule has 1 aliphatic heterocycles. The van der Waals surface area contributed by atoms with Gasteiger partial charge < -0.3 is 4.42 Å². The number of carbonyl (C=O) groups excluding carboxylic acids is 2. The van der Waals surface area contributed by atoms with Gasteiger partial charge in [0.2, 0.25) is 0 Å². The monoisotopic (exact) mass is 474 g/mol. The Morgan fingerprint density at radius 1 is 1.10 bits per heavy atom. The number of nitrogens with zero attached hydrogens (tertiary/aromatic N) is 2. The number of hydrogen-bond donors (Lipinski definition) is 0. The third-order valence-corrected chi connectivity index (χ3v) is 5.96. The van der Waals surface area contributed by atoms with Gasteiger partial charge in [-0.25, -0.2) is 0 Å². The van der Waals surface area contributed by atoms with Crippen molar-refractivity contribution in [1.29, 1.82) is 0 Å². The normalized spacial score (nSPS) is 15.2. The molecule has 0 saturated carbocycles. The molecule has 2 aromatic carbocycles. The zero-order valence-corrected chi connectivity index (χ0v) is 17.9. The molecule has 3 aromatic rings. The molecule has 4 rings (SSSR count). The van der Waals surface area contributed by atoms with E-state index in [9.17, 15) is 19.7 Å². The minimum absolute atomic E-state index is 0.153. The minimum Gasteiger partial charge on any atom is -0.457 e. The standard InChI is InChI=1S/C21H12Cl2N2O5S/c22-13-5-7-16(23)15(9-13)18-8-6-14(30-18)10-19-20(26)24(21(27)31-19)11-12-3-1-2-4-17(12)25(28)29/h1-10H,11H2/b19-10-. The molecule has 0 N–H and O–H groups in total. The zero-order chi connectivity index (χ0) is 22.1. The summed E-state index contributed by atoms with van der Waals surface area (Å²) in [6.07, 6.45) is 1.45. The maximum Gasteiger partial charge on any atom is 0.293 e. The van der Waals surface area contributed by atoms with E-state index in [1.165, 1.54) is 24.3 Å². The van der Waals surface area contributed by atoms with Gasteiger partial charge in [-0.15, -0.1) is 0 Å². The number of benzene rings is 2. The third-order valence-electron chi connectivity index (χ3n) is 4.48. The first-order chi connectivity index (χ1) is 14.8. The fourth-order valence-corrected chi connectivity index (χ4v) is 4.22. The van der Waals surface area contributed by atoms with Crippen LogP contribution in [0.1, 0.15) is 11.3 Å². The van der Waals surface area contributed by atoms with E-state index < -0.39 is 16.1 Å². The first kappa shape index (κ1) is 21.2. The van der Waals surface area contributed by atoms with E-state index in [1.54, 1.807) is 36.4 Å². The second kappa shape index (κ2) is 8.58. The van der Waals surface area contributed by atoms with Crippen molar-refractivity contribution < 1.29 is 18.9 Å². The molecule has 1 aliphatic rings. The van der Waals surface area contributed by atoms with Crippen LogP contribution in [0.5, 0.6) is 0 Å². The number of thioether (sulfide) groups is 1. The van der Waals surface area contributed by atoms with Gasteiger partial charge in [0.1, 0.15) is 11.5 Å². The summed E-state index contributed by atoms with van der Waals surface area (Å²) in [6.45, 7) is -0.194. The molecule has 0 radical (unpaired) electrons. The molecule has 31 heavy (non-hydrogen) atoms. The Hall–Kier alpha value is -3.07. The van der Waals surface area contributed by atoms with E-state index >= 15 is 0 Å². The molecule has 0 atom stereocenters. The summed E-state index contributed by atoms with van der Waals surface area (Å²) in [5, 5.41) is 11.6. The van der Waals surface area contributed by atoms with Crippen molar-refractivity contribution in [2.45, 2.75) is 6.54 Å². The predicted molar refractivity (Wildman–Crippen MR) is 119 cm³/mol. The molecule has 7 nitrogen and oxygen atoms in total. The van der Waals surface area contributed by atoms with Crippen LogP contribution in [0.3, 0.4) is 0 Å². The zero-order valence-electron chi connectivity index (χ0n) is 15.6. The lowest BCUT2D eigenvalue weighted by Gasteiger charge is -2.12. The highest BCUT2D eigenvalue weighted by molar-refractivity contribution is 8.18. The average Bonchev–Trinajstić information content (AvgIpc) is 3.30. The predicted octanol–water partition coefficient (Wildman–Crippen LogP) is 6.40. The van der Waals surface area contributed by atoms with Crippen molar-refractivity contribution in [1.82, 2.24) is 4.90 Å². The van der Waals surface area contributed by atoms with E-state index in [0.717, 1.165) is 16.7 Å². The average molecular weight is 475 g/mol. The van der Waals surface area contributed by atoms with Crippen LogP contribution < -0.4 is 0 Å². The highest BCUT2D eigenvalue weighted by Crippen LogP contribution is 2.36. The number of carbonyl (C=O) groups is 2. The first-order valence-corrected chi connectivity index (χ1v) is 10.4. The minimum atomic E-state index is -0.549. The molecular formula is C21H12Cl2N2O5S. The van der Waals surface area contributed by atoms with Crippen LogP contribution in [0.2, 0.25) is 10.0 Å². The van der Waals surface area contributed by atoms with Crippen LogP contribution in [-0.4, -0.2) is 21.0 Å². The number of rotatable bonds is 5. The fraction of sp³-hybridized carbons (Fsp3) is 0.0476. The van der Waals surface area contributed by atoms with Crippen LogP contribution in [0, 0.1) is 10.1 Å². The van der Waals surface area contributed by atoms with Gasteiger partial charge in [0.25, 0.3) is 16.8 Å². The van der Waals surface area contributed by atoms with E-state index in [1.807, 2.05) is 0 Å². The third kappa shape index (κ3) is 4.36. The molecule has 0 bridgehead atoms. The van der Waals surface area contributed by atoms with E-state index in [-0.39, 0.29) is 22.7 Å². The SMILES string of the molecule is O=C1S/C(=C\c2ccc(-c3cc(Cl)ccc3Cl)o2)C(=O)N1Cc1ccccc1[N+](=O)[O-]. The summed E-state index contributed by atoms with van der Waals surface area (Å²) in [6, 6.07) is 14.3. The number of imide groups is 1. The second-order valence-corrected chi connectivity index (χ2v) is 8.32. The van der Waals surface area contributed by atoms with Gasteiger partial charge in [0.05, 0.1) is 21.4 Å². The summed E-state index contributed by atoms with van der Waals surface area (Å²) in [5.74, 6) is 0.256. The fourth-order valence-electron chi connectivity index (χ4n) is 3.02. The molecule has 10 heteroatoms. The molecule has 156 valence electrons. The Morgan fingerprint density at radius 3 is 2.65 bits per heavy atom. The first-order valence-electron chi connectivity index (χ1n) is 8.86. The van der Waals surface area contributed by atoms with E-state index in [0.29, 0.717) is 27.1 Å². The second-order valence-electron chi connectivity index (χ2n) is 6.48. The maximum absolute atomic E-state index is 12.7. The van der Waals surface area contributed by atoms with Crippen LogP contribution in [-0.2, 0) is 11.3 Å². The van der Waals surface area contributed by atoms with Crippen LogP contribution in [0.4, 0.5) is 10.5 Å². The molecule has 0 unspecified atom stereocenters. The van der Waals surface area contributed by atoms with Crippen molar-refractivity contribution in [3.05, 3.63) is 91.0 Å². The molecular weight excluding hydrogens is 463 g/mol. The molecule has 2 heterocycles. The maximum atomic E-state index is 12.7. The van der Waals surface area contributed by atoms with Crippen molar-refractivity contribution >= 4 is 57.9 Å². The molecule has 2 amide bonds.